The van der Waals surface area contributed by atoms with Crippen molar-refractivity contribution in [2.75, 3.05) is 18.6 Å². The second-order valence-electron chi connectivity index (χ2n) is 7.27. The number of rotatable bonds is 9. The molecule has 4 rings (SSSR count). The fraction of sp³-hybridized carbons (Fsp3) is 0.182. The Morgan fingerprint density at radius 1 is 1.09 bits per heavy atom. The Morgan fingerprint density at radius 3 is 2.52 bits per heavy atom. The lowest BCUT2D eigenvalue weighted by atomic mass is 10.1. The van der Waals surface area contributed by atoms with Crippen LogP contribution < -0.4 is 4.72 Å². The SMILES string of the molecule is CS(=O)(=O)NCCc1ccc(C(=O)CSc2ncnc3c2cnn3-c2ccc(F)cc2)cc1. The molecular formula is C22H20FN5O3S2. The number of thioether (sulfide) groups is 1. The quantitative estimate of drug-likeness (QED) is 0.221. The van der Waals surface area contributed by atoms with E-state index in [1.807, 2.05) is 12.1 Å². The second kappa shape index (κ2) is 9.77. The highest BCUT2D eigenvalue weighted by Gasteiger charge is 2.14. The van der Waals surface area contributed by atoms with E-state index in [0.717, 1.165) is 11.8 Å². The van der Waals surface area contributed by atoms with Crippen LogP contribution in [0.4, 0.5) is 4.39 Å². The first-order chi connectivity index (χ1) is 15.8. The monoisotopic (exact) mass is 485 g/mol. The van der Waals surface area contributed by atoms with E-state index in [2.05, 4.69) is 19.8 Å². The number of ketones is 1. The van der Waals surface area contributed by atoms with E-state index < -0.39 is 10.0 Å². The lowest BCUT2D eigenvalue weighted by molar-refractivity contribution is 0.102. The molecule has 11 heteroatoms. The molecule has 0 amide bonds. The molecule has 8 nitrogen and oxygen atoms in total. The molecule has 1 N–H and O–H groups in total. The molecule has 0 unspecified atom stereocenters. The van der Waals surface area contributed by atoms with Gasteiger partial charge in [0.25, 0.3) is 0 Å². The molecule has 2 aromatic heterocycles. The summed E-state index contributed by atoms with van der Waals surface area (Å²) in [6.45, 7) is 0.303. The standard InChI is InChI=1S/C22H20FN5O3S2/c1-33(30,31)27-11-10-15-2-4-16(5-3-15)20(29)13-32-22-19-12-26-28(21(19)24-14-25-22)18-8-6-17(23)7-9-18/h2-9,12,14,27H,10-11,13H2,1H3. The predicted molar refractivity (Wildman–Crippen MR) is 125 cm³/mol. The lowest BCUT2D eigenvalue weighted by Crippen LogP contribution is -2.24. The Balaban J connectivity index is 1.42. The van der Waals surface area contributed by atoms with Crippen molar-refractivity contribution in [3.8, 4) is 5.69 Å². The van der Waals surface area contributed by atoms with E-state index in [4.69, 9.17) is 0 Å². The maximum atomic E-state index is 13.2. The van der Waals surface area contributed by atoms with Gasteiger partial charge in [-0.1, -0.05) is 36.0 Å². The number of benzene rings is 2. The number of sulfonamides is 1. The third kappa shape index (κ3) is 5.81. The number of fused-ring (bicyclic) bond motifs is 1. The first-order valence-electron chi connectivity index (χ1n) is 9.94. The van der Waals surface area contributed by atoms with E-state index in [1.165, 1.54) is 30.2 Å². The molecule has 0 aliphatic heterocycles. The van der Waals surface area contributed by atoms with Crippen molar-refractivity contribution < 1.29 is 17.6 Å². The lowest BCUT2D eigenvalue weighted by Gasteiger charge is -2.06. The highest BCUT2D eigenvalue weighted by molar-refractivity contribution is 8.00. The number of nitrogens with zero attached hydrogens (tertiary/aromatic N) is 4. The number of nitrogens with one attached hydrogen (secondary N) is 1. The van der Waals surface area contributed by atoms with Gasteiger partial charge in [0.15, 0.2) is 11.4 Å². The van der Waals surface area contributed by atoms with Crippen molar-refractivity contribution in [2.45, 2.75) is 11.4 Å². The molecule has 33 heavy (non-hydrogen) atoms. The van der Waals surface area contributed by atoms with Crippen LogP contribution in [0, 0.1) is 5.82 Å². The number of halogens is 1. The average Bonchev–Trinajstić information content (AvgIpc) is 3.22. The predicted octanol–water partition coefficient (Wildman–Crippen LogP) is 3.02. The smallest absolute Gasteiger partial charge is 0.208 e. The third-order valence-corrected chi connectivity index (χ3v) is 6.53. The number of Topliss-reactive ketones (excluding diaryl/α,β-unsaturated/α-hetero) is 1. The van der Waals surface area contributed by atoms with Crippen LogP contribution >= 0.6 is 11.8 Å². The number of hydrogen-bond acceptors (Lipinski definition) is 7. The van der Waals surface area contributed by atoms with Crippen LogP contribution in [-0.4, -0.2) is 52.5 Å². The maximum absolute atomic E-state index is 13.2. The van der Waals surface area contributed by atoms with Crippen molar-refractivity contribution in [3.63, 3.8) is 0 Å². The van der Waals surface area contributed by atoms with E-state index in [-0.39, 0.29) is 17.4 Å². The van der Waals surface area contributed by atoms with Gasteiger partial charge in [-0.2, -0.15) is 5.10 Å². The summed E-state index contributed by atoms with van der Waals surface area (Å²) in [6.07, 6.45) is 4.69. The summed E-state index contributed by atoms with van der Waals surface area (Å²) in [5.74, 6) is -0.209. The molecule has 0 fully saturated rings. The molecule has 0 saturated heterocycles. The Labute approximate surface area is 194 Å². The second-order valence-corrected chi connectivity index (χ2v) is 10.1. The Hall–Kier alpha value is -3.15. The average molecular weight is 486 g/mol. The maximum Gasteiger partial charge on any atom is 0.208 e. The van der Waals surface area contributed by atoms with Crippen molar-refractivity contribution >= 4 is 38.6 Å². The van der Waals surface area contributed by atoms with Gasteiger partial charge < -0.3 is 0 Å². The highest BCUT2D eigenvalue weighted by atomic mass is 32.2. The molecule has 0 aliphatic carbocycles. The van der Waals surface area contributed by atoms with Gasteiger partial charge in [0.05, 0.1) is 29.3 Å². The van der Waals surface area contributed by atoms with Crippen LogP contribution in [0.5, 0.6) is 0 Å². The van der Waals surface area contributed by atoms with E-state index >= 15 is 0 Å². The number of aromatic nitrogens is 4. The van der Waals surface area contributed by atoms with Crippen molar-refractivity contribution in [2.24, 2.45) is 0 Å². The van der Waals surface area contributed by atoms with Gasteiger partial charge in [-0.3, -0.25) is 4.79 Å². The minimum absolute atomic E-state index is 0.0569. The molecule has 2 aromatic carbocycles. The summed E-state index contributed by atoms with van der Waals surface area (Å²) in [5, 5.41) is 5.67. The number of carbonyl (C=O) groups excluding carboxylic acids is 1. The topological polar surface area (TPSA) is 107 Å². The van der Waals surface area contributed by atoms with Crippen LogP contribution in [0.1, 0.15) is 15.9 Å². The van der Waals surface area contributed by atoms with Crippen LogP contribution in [0.2, 0.25) is 0 Å². The molecule has 0 aliphatic rings. The number of carbonyl (C=O) groups is 1. The van der Waals surface area contributed by atoms with Crippen LogP contribution in [0.25, 0.3) is 16.7 Å². The minimum atomic E-state index is -3.22. The summed E-state index contributed by atoms with van der Waals surface area (Å²) >= 11 is 1.29. The molecule has 2 heterocycles. The van der Waals surface area contributed by atoms with Gasteiger partial charge in [0.1, 0.15) is 17.2 Å². The molecule has 4 aromatic rings. The highest BCUT2D eigenvalue weighted by Crippen LogP contribution is 2.26. The molecule has 170 valence electrons. The van der Waals surface area contributed by atoms with Gasteiger partial charge in [-0.05, 0) is 36.2 Å². The van der Waals surface area contributed by atoms with Crippen LogP contribution in [0.3, 0.4) is 0 Å². The van der Waals surface area contributed by atoms with Gasteiger partial charge in [-0.15, -0.1) is 0 Å². The zero-order chi connectivity index (χ0) is 23.4. The summed E-state index contributed by atoms with van der Waals surface area (Å²) < 4.78 is 39.5. The Kier molecular flexibility index (Phi) is 6.82. The largest absolute Gasteiger partial charge is 0.293 e. The van der Waals surface area contributed by atoms with Crippen LogP contribution in [0.15, 0.2) is 66.1 Å². The van der Waals surface area contributed by atoms with E-state index in [9.17, 15) is 17.6 Å². The van der Waals surface area contributed by atoms with E-state index in [1.54, 1.807) is 35.1 Å². The fourth-order valence-corrected chi connectivity index (χ4v) is 4.49. The third-order valence-electron chi connectivity index (χ3n) is 4.79. The fourth-order valence-electron chi connectivity index (χ4n) is 3.16. The summed E-state index contributed by atoms with van der Waals surface area (Å²) in [4.78, 5) is 21.2. The molecule has 0 radical (unpaired) electrons. The van der Waals surface area contributed by atoms with Crippen molar-refractivity contribution in [1.29, 1.82) is 0 Å². The number of hydrogen-bond donors (Lipinski definition) is 1. The first kappa shape index (κ1) is 23.0. The zero-order valence-corrected chi connectivity index (χ0v) is 19.2. The van der Waals surface area contributed by atoms with Gasteiger partial charge in [-0.25, -0.2) is 32.2 Å². The normalized spacial score (nSPS) is 11.7. The molecule has 0 spiro atoms. The molecule has 0 bridgehead atoms. The molecular weight excluding hydrogens is 465 g/mol. The molecule has 0 atom stereocenters. The van der Waals surface area contributed by atoms with Crippen molar-refractivity contribution in [1.82, 2.24) is 24.5 Å². The molecule has 0 saturated carbocycles. The summed E-state index contributed by atoms with van der Waals surface area (Å²) in [6, 6.07) is 13.0. The zero-order valence-electron chi connectivity index (χ0n) is 17.6. The van der Waals surface area contributed by atoms with E-state index in [0.29, 0.717) is 40.3 Å². The van der Waals surface area contributed by atoms with Gasteiger partial charge >= 0.3 is 0 Å². The Bertz CT molecular complexity index is 1390. The van der Waals surface area contributed by atoms with Crippen molar-refractivity contribution in [3.05, 3.63) is 78.0 Å². The van der Waals surface area contributed by atoms with Crippen LogP contribution in [-0.2, 0) is 16.4 Å². The minimum Gasteiger partial charge on any atom is -0.293 e. The summed E-state index contributed by atoms with van der Waals surface area (Å²) in [7, 11) is -3.22. The Morgan fingerprint density at radius 2 is 1.82 bits per heavy atom. The first-order valence-corrected chi connectivity index (χ1v) is 12.8. The summed E-state index contributed by atoms with van der Waals surface area (Å²) in [5.41, 5.74) is 2.73. The van der Waals surface area contributed by atoms with Gasteiger partial charge in [0, 0.05) is 12.1 Å². The van der Waals surface area contributed by atoms with Gasteiger partial charge in [0.2, 0.25) is 10.0 Å².